The Morgan fingerprint density at radius 3 is 3.27 bits per heavy atom. The van der Waals surface area contributed by atoms with Gasteiger partial charge in [-0.25, -0.2) is 0 Å². The van der Waals surface area contributed by atoms with Gasteiger partial charge in [-0.05, 0) is 23.8 Å². The quantitative estimate of drug-likeness (QED) is 0.788. The van der Waals surface area contributed by atoms with Crippen LogP contribution in [-0.2, 0) is 0 Å². The maximum absolute atomic E-state index is 5.39. The Bertz CT molecular complexity index is 380. The van der Waals surface area contributed by atoms with E-state index in [9.17, 15) is 0 Å². The van der Waals surface area contributed by atoms with Gasteiger partial charge in [-0.15, -0.1) is 0 Å². The number of hydrogen-bond donors (Lipinski definition) is 1. The highest BCUT2D eigenvalue weighted by Crippen LogP contribution is 2.46. The summed E-state index contributed by atoms with van der Waals surface area (Å²) in [7, 11) is 1.74. The van der Waals surface area contributed by atoms with Crippen molar-refractivity contribution in [1.29, 1.82) is 0 Å². The molecule has 3 heteroatoms. The van der Waals surface area contributed by atoms with E-state index in [4.69, 9.17) is 4.74 Å². The van der Waals surface area contributed by atoms with E-state index in [1.54, 1.807) is 7.11 Å². The van der Waals surface area contributed by atoms with Crippen LogP contribution < -0.4 is 10.1 Å². The van der Waals surface area contributed by atoms with E-state index in [1.165, 1.54) is 29.2 Å². The molecule has 0 radical (unpaired) electrons. The molecule has 2 nitrogen and oxygen atoms in total. The number of hydrogen-bond acceptors (Lipinski definition) is 3. The summed E-state index contributed by atoms with van der Waals surface area (Å²) < 4.78 is 5.39. The van der Waals surface area contributed by atoms with E-state index < -0.39 is 0 Å². The van der Waals surface area contributed by atoms with Crippen molar-refractivity contribution < 1.29 is 4.74 Å². The molecule has 1 N–H and O–H groups in total. The molecule has 2 unspecified atom stereocenters. The van der Waals surface area contributed by atoms with Gasteiger partial charge in [0.1, 0.15) is 5.75 Å². The topological polar surface area (TPSA) is 21.3 Å². The van der Waals surface area contributed by atoms with Gasteiger partial charge in [0, 0.05) is 17.7 Å². The predicted molar refractivity (Wildman–Crippen MR) is 65.1 cm³/mol. The summed E-state index contributed by atoms with van der Waals surface area (Å²) in [4.78, 5) is 0. The first-order chi connectivity index (χ1) is 7.40. The van der Waals surface area contributed by atoms with Crippen LogP contribution in [-0.4, -0.2) is 24.7 Å². The Morgan fingerprint density at radius 2 is 2.40 bits per heavy atom. The minimum atomic E-state index is 0.637. The summed E-state index contributed by atoms with van der Waals surface area (Å²) in [6.45, 7) is 0. The molecule has 15 heavy (non-hydrogen) atoms. The number of benzene rings is 1. The fraction of sp³-hybridized carbons (Fsp3) is 0.500. The number of methoxy groups -OCH3 is 1. The third-order valence-corrected chi connectivity index (χ3v) is 4.48. The van der Waals surface area contributed by atoms with E-state index in [2.05, 4.69) is 29.2 Å². The molecule has 2 aliphatic heterocycles. The minimum Gasteiger partial charge on any atom is -0.495 e. The molecule has 1 aromatic carbocycles. The third-order valence-electron chi connectivity index (χ3n) is 3.36. The van der Waals surface area contributed by atoms with Crippen LogP contribution >= 0.6 is 11.8 Å². The lowest BCUT2D eigenvalue weighted by Crippen LogP contribution is -2.26. The zero-order chi connectivity index (χ0) is 10.3. The van der Waals surface area contributed by atoms with E-state index in [1.807, 2.05) is 6.07 Å². The van der Waals surface area contributed by atoms with Crippen LogP contribution in [0.15, 0.2) is 18.2 Å². The largest absolute Gasteiger partial charge is 0.495 e. The maximum Gasteiger partial charge on any atom is 0.142 e. The maximum atomic E-state index is 5.39. The molecule has 1 fully saturated rings. The number of ether oxygens (including phenoxy) is 1. The molecule has 3 rings (SSSR count). The molecule has 0 aromatic heterocycles. The molecular formula is C12H15NOS. The summed E-state index contributed by atoms with van der Waals surface area (Å²) in [6, 6.07) is 7.01. The molecule has 0 aliphatic carbocycles. The molecule has 0 amide bonds. The fourth-order valence-electron chi connectivity index (χ4n) is 2.58. The van der Waals surface area contributed by atoms with Gasteiger partial charge in [-0.2, -0.15) is 11.8 Å². The average Bonchev–Trinajstić information content (AvgIpc) is 2.67. The zero-order valence-electron chi connectivity index (χ0n) is 8.82. The minimum absolute atomic E-state index is 0.637. The van der Waals surface area contributed by atoms with Gasteiger partial charge in [0.05, 0.1) is 12.8 Å². The summed E-state index contributed by atoms with van der Waals surface area (Å²) in [5.74, 6) is 4.21. The van der Waals surface area contributed by atoms with Crippen molar-refractivity contribution in [3.05, 3.63) is 23.8 Å². The number of fused-ring (bicyclic) bond motifs is 3. The molecular weight excluding hydrogens is 206 g/mol. The number of para-hydroxylation sites is 1. The second-order valence-electron chi connectivity index (χ2n) is 4.15. The average molecular weight is 221 g/mol. The van der Waals surface area contributed by atoms with Gasteiger partial charge < -0.3 is 10.1 Å². The highest BCUT2D eigenvalue weighted by molar-refractivity contribution is 7.99. The highest BCUT2D eigenvalue weighted by atomic mass is 32.2. The van der Waals surface area contributed by atoms with Crippen LogP contribution in [0.25, 0.3) is 0 Å². The summed E-state index contributed by atoms with van der Waals surface area (Å²) >= 11 is 2.07. The number of anilines is 1. The Labute approximate surface area is 94.4 Å². The van der Waals surface area contributed by atoms with Gasteiger partial charge in [-0.1, -0.05) is 12.1 Å². The predicted octanol–water partition coefficient (Wildman–Crippen LogP) is 2.71. The Balaban J connectivity index is 2.03. The molecule has 0 bridgehead atoms. The lowest BCUT2D eigenvalue weighted by molar-refractivity contribution is 0.416. The van der Waals surface area contributed by atoms with Crippen molar-refractivity contribution in [2.24, 2.45) is 0 Å². The lowest BCUT2D eigenvalue weighted by Gasteiger charge is -2.24. The van der Waals surface area contributed by atoms with Crippen molar-refractivity contribution >= 4 is 17.4 Å². The summed E-state index contributed by atoms with van der Waals surface area (Å²) in [5.41, 5.74) is 2.68. The fourth-order valence-corrected chi connectivity index (χ4v) is 3.84. The van der Waals surface area contributed by atoms with Gasteiger partial charge in [-0.3, -0.25) is 0 Å². The van der Waals surface area contributed by atoms with Gasteiger partial charge >= 0.3 is 0 Å². The Hall–Kier alpha value is -0.830. The molecule has 2 aliphatic rings. The normalized spacial score (nSPS) is 27.8. The number of thioether (sulfide) groups is 1. The van der Waals surface area contributed by atoms with Crippen molar-refractivity contribution in [2.75, 3.05) is 23.9 Å². The van der Waals surface area contributed by atoms with Crippen LogP contribution in [0.4, 0.5) is 5.69 Å². The van der Waals surface area contributed by atoms with Crippen molar-refractivity contribution in [1.82, 2.24) is 0 Å². The SMILES string of the molecule is COc1cccc2c1NC1CCSCC21. The standard InChI is InChI=1S/C12H15NOS/c1-14-11-4-2-3-8-9-7-15-6-5-10(9)13-12(8)11/h2-4,9-10,13H,5-7H2,1H3. The smallest absolute Gasteiger partial charge is 0.142 e. The monoisotopic (exact) mass is 221 g/mol. The molecule has 80 valence electrons. The first-order valence-electron chi connectivity index (χ1n) is 5.41. The molecule has 1 saturated heterocycles. The number of rotatable bonds is 1. The first kappa shape index (κ1) is 9.40. The molecule has 2 atom stereocenters. The van der Waals surface area contributed by atoms with Crippen molar-refractivity contribution in [3.63, 3.8) is 0 Å². The van der Waals surface area contributed by atoms with Gasteiger partial charge in [0.15, 0.2) is 0 Å². The molecule has 0 spiro atoms. The summed E-state index contributed by atoms with van der Waals surface area (Å²) in [6.07, 6.45) is 1.27. The van der Waals surface area contributed by atoms with E-state index in [0.717, 1.165) is 5.75 Å². The second kappa shape index (κ2) is 3.63. The lowest BCUT2D eigenvalue weighted by atomic mass is 9.95. The van der Waals surface area contributed by atoms with Crippen molar-refractivity contribution in [3.8, 4) is 5.75 Å². The van der Waals surface area contributed by atoms with Gasteiger partial charge in [0.25, 0.3) is 0 Å². The molecule has 2 heterocycles. The Kier molecular flexibility index (Phi) is 2.28. The van der Waals surface area contributed by atoms with Crippen LogP contribution in [0.2, 0.25) is 0 Å². The second-order valence-corrected chi connectivity index (χ2v) is 5.30. The molecule has 1 aromatic rings. The van der Waals surface area contributed by atoms with E-state index in [-0.39, 0.29) is 0 Å². The Morgan fingerprint density at radius 1 is 1.47 bits per heavy atom. The number of nitrogens with one attached hydrogen (secondary N) is 1. The van der Waals surface area contributed by atoms with Crippen LogP contribution in [0.5, 0.6) is 5.75 Å². The third kappa shape index (κ3) is 1.41. The summed E-state index contributed by atoms with van der Waals surface area (Å²) in [5, 5.41) is 3.62. The molecule has 0 saturated carbocycles. The van der Waals surface area contributed by atoms with Crippen LogP contribution in [0.3, 0.4) is 0 Å². The van der Waals surface area contributed by atoms with Crippen molar-refractivity contribution in [2.45, 2.75) is 18.4 Å². The highest BCUT2D eigenvalue weighted by Gasteiger charge is 2.35. The van der Waals surface area contributed by atoms with E-state index in [0.29, 0.717) is 12.0 Å². The van der Waals surface area contributed by atoms with Crippen LogP contribution in [0, 0.1) is 0 Å². The van der Waals surface area contributed by atoms with Gasteiger partial charge in [0.2, 0.25) is 0 Å². The first-order valence-corrected chi connectivity index (χ1v) is 6.57. The van der Waals surface area contributed by atoms with Crippen LogP contribution in [0.1, 0.15) is 17.9 Å². The van der Waals surface area contributed by atoms with E-state index >= 15 is 0 Å². The zero-order valence-corrected chi connectivity index (χ0v) is 9.64.